The monoisotopic (exact) mass is 269 g/mol. The summed E-state index contributed by atoms with van der Waals surface area (Å²) in [5, 5.41) is 8.90. The lowest BCUT2D eigenvalue weighted by Crippen LogP contribution is -2.00. The van der Waals surface area contributed by atoms with Gasteiger partial charge in [0.1, 0.15) is 12.7 Å². The Hall–Kier alpha value is -2.30. The maximum Gasteiger partial charge on any atom is 0.137 e. The molecule has 1 N–H and O–H groups in total. The Morgan fingerprint density at radius 1 is 1.30 bits per heavy atom. The molecule has 0 saturated carbocycles. The van der Waals surface area contributed by atoms with Crippen molar-refractivity contribution in [3.63, 3.8) is 0 Å². The number of fused-ring (bicyclic) bond motifs is 1. The van der Waals surface area contributed by atoms with E-state index >= 15 is 0 Å². The van der Waals surface area contributed by atoms with E-state index in [1.54, 1.807) is 12.7 Å². The molecule has 2 heterocycles. The first-order valence-corrected chi connectivity index (χ1v) is 6.85. The van der Waals surface area contributed by atoms with Crippen LogP contribution in [-0.4, -0.2) is 25.9 Å². The Morgan fingerprint density at radius 2 is 2.15 bits per heavy atom. The van der Waals surface area contributed by atoms with E-state index in [0.717, 1.165) is 13.1 Å². The van der Waals surface area contributed by atoms with Crippen LogP contribution in [0.5, 0.6) is 0 Å². The first kappa shape index (κ1) is 12.7. The molecule has 3 rings (SSSR count). The maximum atomic E-state index is 4.16. The highest BCUT2D eigenvalue weighted by Gasteiger charge is 2.11. The number of nitrogens with one attached hydrogen (secondary N) is 1. The van der Waals surface area contributed by atoms with E-state index in [2.05, 4.69) is 59.1 Å². The normalized spacial score (nSPS) is 11.2. The molecule has 2 aromatic heterocycles. The van der Waals surface area contributed by atoms with Gasteiger partial charge in [-0.1, -0.05) is 6.07 Å². The molecular weight excluding hydrogens is 250 g/mol. The Bertz CT molecular complexity index is 724. The van der Waals surface area contributed by atoms with E-state index in [1.807, 2.05) is 4.68 Å². The van der Waals surface area contributed by atoms with Gasteiger partial charge in [-0.2, -0.15) is 5.10 Å². The van der Waals surface area contributed by atoms with Crippen LogP contribution in [0.2, 0.25) is 0 Å². The van der Waals surface area contributed by atoms with Gasteiger partial charge in [0.05, 0.1) is 17.7 Å². The minimum absolute atomic E-state index is 0.745. The quantitative estimate of drug-likeness (QED) is 0.792. The van der Waals surface area contributed by atoms with E-state index in [0.29, 0.717) is 0 Å². The van der Waals surface area contributed by atoms with E-state index in [-0.39, 0.29) is 0 Å². The molecule has 0 saturated heterocycles. The molecule has 20 heavy (non-hydrogen) atoms. The molecule has 0 aliphatic heterocycles. The summed E-state index contributed by atoms with van der Waals surface area (Å²) in [6, 6.07) is 6.57. The molecule has 0 fully saturated rings. The molecule has 0 atom stereocenters. The van der Waals surface area contributed by atoms with Crippen LogP contribution in [0.25, 0.3) is 10.9 Å². The highest BCUT2D eigenvalue weighted by Crippen LogP contribution is 2.30. The van der Waals surface area contributed by atoms with Gasteiger partial charge in [-0.3, -0.25) is 0 Å². The molecule has 0 aliphatic rings. The van der Waals surface area contributed by atoms with E-state index in [1.165, 1.54) is 27.8 Å². The van der Waals surface area contributed by atoms with Crippen molar-refractivity contribution >= 4 is 16.6 Å². The number of nitrogens with zero attached hydrogens (tertiary/aromatic N) is 4. The lowest BCUT2D eigenvalue weighted by Gasteiger charge is -2.05. The van der Waals surface area contributed by atoms with E-state index in [9.17, 15) is 0 Å². The maximum absolute atomic E-state index is 4.16. The third-order valence-electron chi connectivity index (χ3n) is 3.72. The van der Waals surface area contributed by atoms with Crippen LogP contribution in [0.4, 0.5) is 5.69 Å². The highest BCUT2D eigenvalue weighted by atomic mass is 15.3. The fourth-order valence-electron chi connectivity index (χ4n) is 2.62. The minimum atomic E-state index is 0.745. The summed E-state index contributed by atoms with van der Waals surface area (Å²) in [6.45, 7) is 5.94. The third kappa shape index (κ3) is 2.05. The second-order valence-electron chi connectivity index (χ2n) is 4.99. The summed E-state index contributed by atoms with van der Waals surface area (Å²) in [5.41, 5.74) is 4.97. The Labute approximate surface area is 118 Å². The average Bonchev–Trinajstić information content (AvgIpc) is 3.03. The van der Waals surface area contributed by atoms with Crippen LogP contribution in [0.1, 0.15) is 18.2 Å². The standard InChI is InChI=1S/C15H19N5/c1-4-17-15-11(2)19(3)14-6-5-12(7-13(14)15)8-20-10-16-9-18-20/h5-7,9-10,17H,4,8H2,1-3H3. The van der Waals surface area contributed by atoms with Crippen LogP contribution in [0, 0.1) is 6.92 Å². The van der Waals surface area contributed by atoms with Gasteiger partial charge in [0.2, 0.25) is 0 Å². The van der Waals surface area contributed by atoms with Crippen molar-refractivity contribution in [1.29, 1.82) is 0 Å². The number of aryl methyl sites for hydroxylation is 1. The summed E-state index contributed by atoms with van der Waals surface area (Å²) >= 11 is 0. The smallest absolute Gasteiger partial charge is 0.137 e. The van der Waals surface area contributed by atoms with Crippen LogP contribution < -0.4 is 5.32 Å². The number of rotatable bonds is 4. The minimum Gasteiger partial charge on any atom is -0.383 e. The molecule has 1 aromatic carbocycles. The van der Waals surface area contributed by atoms with Crippen molar-refractivity contribution in [1.82, 2.24) is 19.3 Å². The molecular formula is C15H19N5. The molecule has 0 bridgehead atoms. The van der Waals surface area contributed by atoms with Crippen molar-refractivity contribution in [2.45, 2.75) is 20.4 Å². The largest absolute Gasteiger partial charge is 0.383 e. The van der Waals surface area contributed by atoms with Crippen molar-refractivity contribution in [2.75, 3.05) is 11.9 Å². The van der Waals surface area contributed by atoms with Gasteiger partial charge in [-0.25, -0.2) is 9.67 Å². The van der Waals surface area contributed by atoms with Gasteiger partial charge < -0.3 is 9.88 Å². The molecule has 5 heteroatoms. The third-order valence-corrected chi connectivity index (χ3v) is 3.72. The number of aromatic nitrogens is 4. The zero-order valence-electron chi connectivity index (χ0n) is 12.1. The van der Waals surface area contributed by atoms with Crippen molar-refractivity contribution in [3.8, 4) is 0 Å². The number of benzene rings is 1. The van der Waals surface area contributed by atoms with Gasteiger partial charge in [-0.05, 0) is 31.5 Å². The summed E-state index contributed by atoms with van der Waals surface area (Å²) < 4.78 is 4.07. The molecule has 0 unspecified atom stereocenters. The summed E-state index contributed by atoms with van der Waals surface area (Å²) in [7, 11) is 2.11. The highest BCUT2D eigenvalue weighted by molar-refractivity contribution is 5.95. The zero-order valence-corrected chi connectivity index (χ0v) is 12.1. The SMILES string of the molecule is CCNc1c(C)n(C)c2ccc(Cn3cncn3)cc12. The van der Waals surface area contributed by atoms with Crippen LogP contribution in [0.15, 0.2) is 30.9 Å². The topological polar surface area (TPSA) is 47.7 Å². The second-order valence-corrected chi connectivity index (χ2v) is 4.99. The molecule has 3 aromatic rings. The Kier molecular flexibility index (Phi) is 3.18. The molecule has 0 aliphatic carbocycles. The Morgan fingerprint density at radius 3 is 2.85 bits per heavy atom. The zero-order chi connectivity index (χ0) is 14.1. The van der Waals surface area contributed by atoms with Gasteiger partial charge >= 0.3 is 0 Å². The van der Waals surface area contributed by atoms with Crippen LogP contribution in [-0.2, 0) is 13.6 Å². The predicted octanol–water partition coefficient (Wildman–Crippen LogP) is 2.56. The van der Waals surface area contributed by atoms with Gasteiger partial charge in [0.15, 0.2) is 0 Å². The predicted molar refractivity (Wildman–Crippen MR) is 80.9 cm³/mol. The van der Waals surface area contributed by atoms with Crippen molar-refractivity contribution in [3.05, 3.63) is 42.1 Å². The number of hydrogen-bond acceptors (Lipinski definition) is 3. The summed E-state index contributed by atoms with van der Waals surface area (Å²) in [6.07, 6.45) is 3.31. The van der Waals surface area contributed by atoms with E-state index < -0.39 is 0 Å². The van der Waals surface area contributed by atoms with Crippen LogP contribution in [0.3, 0.4) is 0 Å². The molecule has 0 spiro atoms. The molecule has 0 amide bonds. The van der Waals surface area contributed by atoms with E-state index in [4.69, 9.17) is 0 Å². The van der Waals surface area contributed by atoms with Crippen molar-refractivity contribution < 1.29 is 0 Å². The fraction of sp³-hybridized carbons (Fsp3) is 0.333. The average molecular weight is 269 g/mol. The summed E-state index contributed by atoms with van der Waals surface area (Å²) in [4.78, 5) is 3.98. The molecule has 0 radical (unpaired) electrons. The van der Waals surface area contributed by atoms with Gasteiger partial charge in [0, 0.05) is 24.7 Å². The van der Waals surface area contributed by atoms with Gasteiger partial charge in [-0.15, -0.1) is 0 Å². The van der Waals surface area contributed by atoms with Gasteiger partial charge in [0.25, 0.3) is 0 Å². The first-order valence-electron chi connectivity index (χ1n) is 6.85. The second kappa shape index (κ2) is 5.00. The fourth-order valence-corrected chi connectivity index (χ4v) is 2.62. The number of hydrogen-bond donors (Lipinski definition) is 1. The molecule has 104 valence electrons. The number of anilines is 1. The Balaban J connectivity index is 2.07. The lowest BCUT2D eigenvalue weighted by molar-refractivity contribution is 0.685. The van der Waals surface area contributed by atoms with Crippen LogP contribution >= 0.6 is 0 Å². The molecule has 5 nitrogen and oxygen atoms in total. The van der Waals surface area contributed by atoms with Crippen molar-refractivity contribution in [2.24, 2.45) is 7.05 Å². The first-order chi connectivity index (χ1) is 9.70. The lowest BCUT2D eigenvalue weighted by atomic mass is 10.1. The summed E-state index contributed by atoms with van der Waals surface area (Å²) in [5.74, 6) is 0.